The number of fused-ring (bicyclic) bond motifs is 1. The van der Waals surface area contributed by atoms with E-state index < -0.39 is 27.7 Å². The second-order valence-electron chi connectivity index (χ2n) is 9.76. The number of methoxy groups -OCH3 is 1. The number of amides is 1. The molecule has 1 aliphatic rings. The van der Waals surface area contributed by atoms with Crippen LogP contribution in [0.15, 0.2) is 59.6 Å². The van der Waals surface area contributed by atoms with Crippen LogP contribution in [-0.2, 0) is 19.5 Å². The fourth-order valence-electron chi connectivity index (χ4n) is 4.23. The number of hydrogen-bond acceptors (Lipinski definition) is 6. The monoisotopic (exact) mass is 510 g/mol. The number of aromatic nitrogens is 1. The lowest BCUT2D eigenvalue weighted by Crippen LogP contribution is -2.39. The van der Waals surface area contributed by atoms with Crippen LogP contribution < -0.4 is 0 Å². The number of esters is 1. The minimum absolute atomic E-state index is 0.111. The van der Waals surface area contributed by atoms with E-state index in [2.05, 4.69) is 0 Å². The molecular formula is C27H30N2O6S. The number of aryl methyl sites for hydroxylation is 1. The molecule has 1 aromatic heterocycles. The average molecular weight is 511 g/mol. The van der Waals surface area contributed by atoms with Crippen LogP contribution >= 0.6 is 0 Å². The van der Waals surface area contributed by atoms with Gasteiger partial charge >= 0.3 is 12.1 Å². The van der Waals surface area contributed by atoms with Gasteiger partial charge in [-0.1, -0.05) is 29.8 Å². The van der Waals surface area contributed by atoms with Gasteiger partial charge in [-0.15, -0.1) is 0 Å². The van der Waals surface area contributed by atoms with Crippen molar-refractivity contribution in [3.05, 3.63) is 71.4 Å². The molecule has 9 heteroatoms. The zero-order chi connectivity index (χ0) is 26.3. The third kappa shape index (κ3) is 4.88. The van der Waals surface area contributed by atoms with Crippen LogP contribution in [-0.4, -0.2) is 55.2 Å². The summed E-state index contributed by atoms with van der Waals surface area (Å²) in [6, 6.07) is 11.5. The van der Waals surface area contributed by atoms with Crippen LogP contribution in [0.4, 0.5) is 4.79 Å². The van der Waals surface area contributed by atoms with E-state index in [4.69, 9.17) is 9.47 Å². The summed E-state index contributed by atoms with van der Waals surface area (Å²) in [5.41, 5.74) is 2.27. The fourth-order valence-corrected chi connectivity index (χ4v) is 5.60. The van der Waals surface area contributed by atoms with Gasteiger partial charge in [0.2, 0.25) is 0 Å². The molecule has 1 amide bonds. The normalized spacial score (nSPS) is 14.5. The van der Waals surface area contributed by atoms with Crippen molar-refractivity contribution < 1.29 is 27.5 Å². The first-order valence-corrected chi connectivity index (χ1v) is 13.1. The molecular weight excluding hydrogens is 480 g/mol. The highest BCUT2D eigenvalue weighted by Gasteiger charge is 2.28. The van der Waals surface area contributed by atoms with Gasteiger partial charge in [0.05, 0.1) is 23.1 Å². The lowest BCUT2D eigenvalue weighted by Gasteiger charge is -2.30. The Labute approximate surface area is 211 Å². The van der Waals surface area contributed by atoms with Crippen LogP contribution in [0.25, 0.3) is 16.5 Å². The number of ether oxygens (including phenoxy) is 2. The zero-order valence-corrected chi connectivity index (χ0v) is 21.9. The molecule has 0 spiro atoms. The second-order valence-corrected chi connectivity index (χ2v) is 11.6. The van der Waals surface area contributed by atoms with Crippen molar-refractivity contribution >= 4 is 38.6 Å². The molecule has 2 aromatic carbocycles. The predicted octanol–water partition coefficient (Wildman–Crippen LogP) is 5.00. The molecule has 0 unspecified atom stereocenters. The summed E-state index contributed by atoms with van der Waals surface area (Å²) in [5, 5.41) is 0.575. The Hall–Kier alpha value is -3.59. The highest BCUT2D eigenvalue weighted by molar-refractivity contribution is 7.90. The molecule has 3 aromatic rings. The van der Waals surface area contributed by atoms with Crippen molar-refractivity contribution in [3.8, 4) is 0 Å². The van der Waals surface area contributed by atoms with Gasteiger partial charge in [0.25, 0.3) is 10.0 Å². The van der Waals surface area contributed by atoms with E-state index in [0.717, 1.165) is 20.7 Å². The SMILES string of the molecule is COC(=O)c1ccc(C2=CCCN(C(=O)OC(C)(C)C)C2)c2ccn(S(=O)(=O)c3ccc(C)cc3)c12. The third-order valence-electron chi connectivity index (χ3n) is 5.95. The molecule has 0 saturated carbocycles. The van der Waals surface area contributed by atoms with Gasteiger partial charge in [0.15, 0.2) is 0 Å². The van der Waals surface area contributed by atoms with Crippen molar-refractivity contribution in [1.82, 2.24) is 8.87 Å². The summed E-state index contributed by atoms with van der Waals surface area (Å²) in [5.74, 6) is -0.640. The van der Waals surface area contributed by atoms with Crippen molar-refractivity contribution in [2.45, 2.75) is 44.6 Å². The Morgan fingerprint density at radius 3 is 2.33 bits per heavy atom. The molecule has 0 aliphatic carbocycles. The summed E-state index contributed by atoms with van der Waals surface area (Å²) in [4.78, 5) is 27.1. The minimum Gasteiger partial charge on any atom is -0.465 e. The third-order valence-corrected chi connectivity index (χ3v) is 7.64. The Kier molecular flexibility index (Phi) is 6.70. The standard InChI is InChI=1S/C27H30N2O6S/c1-18-8-10-20(11-9-18)36(32,33)29-16-14-22-21(12-13-23(24(22)29)25(30)34-5)19-7-6-15-28(17-19)26(31)35-27(2,3)4/h7-14,16H,6,15,17H2,1-5H3. The largest absolute Gasteiger partial charge is 0.465 e. The number of hydrogen-bond donors (Lipinski definition) is 0. The molecule has 0 N–H and O–H groups in total. The molecule has 2 heterocycles. The molecule has 4 rings (SSSR count). The maximum Gasteiger partial charge on any atom is 0.410 e. The number of rotatable bonds is 4. The molecule has 0 saturated heterocycles. The van der Waals surface area contributed by atoms with E-state index in [1.165, 1.54) is 13.3 Å². The highest BCUT2D eigenvalue weighted by atomic mass is 32.2. The Bertz CT molecular complexity index is 1460. The topological polar surface area (TPSA) is 94.9 Å². The van der Waals surface area contributed by atoms with Gasteiger partial charge in [-0.3, -0.25) is 0 Å². The molecule has 0 bridgehead atoms. The van der Waals surface area contributed by atoms with Crippen molar-refractivity contribution in [2.75, 3.05) is 20.2 Å². The Morgan fingerprint density at radius 2 is 1.69 bits per heavy atom. The number of nitrogens with zero attached hydrogens (tertiary/aromatic N) is 2. The van der Waals surface area contributed by atoms with Gasteiger partial charge in [-0.05, 0) is 69.5 Å². The van der Waals surface area contributed by atoms with Crippen LogP contribution in [0.2, 0.25) is 0 Å². The van der Waals surface area contributed by atoms with E-state index in [1.807, 2.05) is 33.8 Å². The summed E-state index contributed by atoms with van der Waals surface area (Å²) in [6.45, 7) is 8.15. The summed E-state index contributed by atoms with van der Waals surface area (Å²) < 4.78 is 38.8. The maximum absolute atomic E-state index is 13.6. The van der Waals surface area contributed by atoms with E-state index in [9.17, 15) is 18.0 Å². The lowest BCUT2D eigenvalue weighted by atomic mass is 9.96. The first-order chi connectivity index (χ1) is 16.9. The average Bonchev–Trinajstić information content (AvgIpc) is 3.28. The minimum atomic E-state index is -3.99. The summed E-state index contributed by atoms with van der Waals surface area (Å²) in [6.07, 6.45) is 3.69. The van der Waals surface area contributed by atoms with Crippen LogP contribution in [0.1, 0.15) is 48.7 Å². The predicted molar refractivity (Wildman–Crippen MR) is 137 cm³/mol. The van der Waals surface area contributed by atoms with Gasteiger partial charge < -0.3 is 14.4 Å². The Balaban J connectivity index is 1.82. The molecule has 0 fully saturated rings. The number of carbonyl (C=O) groups excluding carboxylic acids is 2. The first-order valence-electron chi connectivity index (χ1n) is 11.6. The highest BCUT2D eigenvalue weighted by Crippen LogP contribution is 2.34. The smallest absolute Gasteiger partial charge is 0.410 e. The van der Waals surface area contributed by atoms with Crippen molar-refractivity contribution in [2.24, 2.45) is 0 Å². The quantitative estimate of drug-likeness (QED) is 0.459. The van der Waals surface area contributed by atoms with Gasteiger partial charge in [-0.25, -0.2) is 22.0 Å². The van der Waals surface area contributed by atoms with E-state index in [0.29, 0.717) is 24.9 Å². The van der Waals surface area contributed by atoms with Crippen LogP contribution in [0, 0.1) is 6.92 Å². The summed E-state index contributed by atoms with van der Waals surface area (Å²) in [7, 11) is -2.73. The first kappa shape index (κ1) is 25.5. The number of benzene rings is 2. The fraction of sp³-hybridized carbons (Fsp3) is 0.333. The Morgan fingerprint density at radius 1 is 1.00 bits per heavy atom. The lowest BCUT2D eigenvalue weighted by molar-refractivity contribution is 0.0273. The molecule has 36 heavy (non-hydrogen) atoms. The molecule has 1 aliphatic heterocycles. The summed E-state index contributed by atoms with van der Waals surface area (Å²) >= 11 is 0. The number of carbonyl (C=O) groups is 2. The second kappa shape index (κ2) is 9.46. The molecule has 190 valence electrons. The van der Waals surface area contributed by atoms with Gasteiger partial charge in [0.1, 0.15) is 5.60 Å². The van der Waals surface area contributed by atoms with Gasteiger partial charge in [-0.2, -0.15) is 0 Å². The van der Waals surface area contributed by atoms with Crippen LogP contribution in [0.5, 0.6) is 0 Å². The molecule has 0 atom stereocenters. The van der Waals surface area contributed by atoms with Crippen molar-refractivity contribution in [1.29, 1.82) is 0 Å². The zero-order valence-electron chi connectivity index (χ0n) is 21.1. The van der Waals surface area contributed by atoms with E-state index >= 15 is 0 Å². The van der Waals surface area contributed by atoms with E-state index in [-0.39, 0.29) is 16.0 Å². The maximum atomic E-state index is 13.6. The van der Waals surface area contributed by atoms with Gasteiger partial charge in [0, 0.05) is 24.7 Å². The van der Waals surface area contributed by atoms with Crippen LogP contribution in [0.3, 0.4) is 0 Å². The molecule has 8 nitrogen and oxygen atoms in total. The molecule has 0 radical (unpaired) electrons. The van der Waals surface area contributed by atoms with E-state index in [1.54, 1.807) is 47.4 Å². The van der Waals surface area contributed by atoms with Crippen molar-refractivity contribution in [3.63, 3.8) is 0 Å².